The number of rotatable bonds is 7. The number of nitrogens with zero attached hydrogens (tertiary/aromatic N) is 1. The van der Waals surface area contributed by atoms with Crippen LogP contribution in [0.15, 0.2) is 0 Å². The molecule has 0 saturated heterocycles. The van der Waals surface area contributed by atoms with E-state index in [1.165, 1.54) is 6.42 Å². The van der Waals surface area contributed by atoms with Crippen molar-refractivity contribution < 1.29 is 8.42 Å². The SMILES string of the molecule is CNCCCCS(=O)(=O)N(C)C1CCC1. The number of hydrogen-bond acceptors (Lipinski definition) is 3. The Morgan fingerprint density at radius 3 is 2.47 bits per heavy atom. The number of nitrogens with one attached hydrogen (secondary N) is 1. The second kappa shape index (κ2) is 5.82. The molecule has 1 aliphatic rings. The molecule has 0 radical (unpaired) electrons. The Morgan fingerprint density at radius 1 is 1.33 bits per heavy atom. The summed E-state index contributed by atoms with van der Waals surface area (Å²) in [5.41, 5.74) is 0. The molecule has 0 amide bonds. The third-order valence-corrected chi connectivity index (χ3v) is 5.09. The van der Waals surface area contributed by atoms with Crippen LogP contribution in [0.25, 0.3) is 0 Å². The van der Waals surface area contributed by atoms with Crippen molar-refractivity contribution >= 4 is 10.0 Å². The normalized spacial score (nSPS) is 18.1. The lowest BCUT2D eigenvalue weighted by Gasteiger charge is -2.33. The second-order valence-electron chi connectivity index (χ2n) is 4.23. The lowest BCUT2D eigenvalue weighted by Crippen LogP contribution is -2.42. The van der Waals surface area contributed by atoms with Crippen LogP contribution in [0, 0.1) is 0 Å². The Bertz CT molecular complexity index is 273. The van der Waals surface area contributed by atoms with Crippen molar-refractivity contribution in [1.29, 1.82) is 0 Å². The molecule has 1 saturated carbocycles. The van der Waals surface area contributed by atoms with Gasteiger partial charge in [-0.1, -0.05) is 6.42 Å². The molecule has 1 aliphatic carbocycles. The van der Waals surface area contributed by atoms with Crippen molar-refractivity contribution in [1.82, 2.24) is 9.62 Å². The summed E-state index contributed by atoms with van der Waals surface area (Å²) >= 11 is 0. The molecule has 0 heterocycles. The lowest BCUT2D eigenvalue weighted by molar-refractivity contribution is 0.249. The molecule has 1 N–H and O–H groups in total. The molecule has 0 aromatic carbocycles. The minimum absolute atomic E-state index is 0.277. The fourth-order valence-electron chi connectivity index (χ4n) is 1.71. The largest absolute Gasteiger partial charge is 0.320 e. The van der Waals surface area contributed by atoms with Gasteiger partial charge >= 0.3 is 0 Å². The number of unbranched alkanes of at least 4 members (excludes halogenated alkanes) is 1. The van der Waals surface area contributed by atoms with Crippen LogP contribution in [0.5, 0.6) is 0 Å². The Morgan fingerprint density at radius 2 is 2.00 bits per heavy atom. The Balaban J connectivity index is 2.30. The first-order valence-electron chi connectivity index (χ1n) is 5.68. The summed E-state index contributed by atoms with van der Waals surface area (Å²) < 4.78 is 25.2. The van der Waals surface area contributed by atoms with Crippen LogP contribution in [0.2, 0.25) is 0 Å². The highest BCUT2D eigenvalue weighted by atomic mass is 32.2. The first-order chi connectivity index (χ1) is 7.08. The highest BCUT2D eigenvalue weighted by Crippen LogP contribution is 2.25. The zero-order valence-corrected chi connectivity index (χ0v) is 10.5. The molecule has 0 aromatic rings. The average molecular weight is 234 g/mol. The molecule has 0 atom stereocenters. The first-order valence-corrected chi connectivity index (χ1v) is 7.29. The molecule has 1 rings (SSSR count). The van der Waals surface area contributed by atoms with Gasteiger partial charge in [0.05, 0.1) is 5.75 Å². The Hall–Kier alpha value is -0.130. The molecular formula is C10H22N2O2S. The quantitative estimate of drug-likeness (QED) is 0.663. The van der Waals surface area contributed by atoms with E-state index in [0.29, 0.717) is 5.75 Å². The van der Waals surface area contributed by atoms with Crippen LogP contribution in [0.3, 0.4) is 0 Å². The van der Waals surface area contributed by atoms with E-state index in [9.17, 15) is 8.42 Å². The van der Waals surface area contributed by atoms with Crippen LogP contribution in [-0.2, 0) is 10.0 Å². The van der Waals surface area contributed by atoms with Gasteiger partial charge in [0.1, 0.15) is 0 Å². The smallest absolute Gasteiger partial charge is 0.214 e. The standard InChI is InChI=1S/C10H22N2O2S/c1-11-8-3-4-9-15(13,14)12(2)10-6-5-7-10/h10-11H,3-9H2,1-2H3. The van der Waals surface area contributed by atoms with Gasteiger partial charge in [-0.25, -0.2) is 12.7 Å². The second-order valence-corrected chi connectivity index (χ2v) is 6.38. The van der Waals surface area contributed by atoms with Gasteiger partial charge in [0.2, 0.25) is 10.0 Å². The van der Waals surface area contributed by atoms with Crippen LogP contribution < -0.4 is 5.32 Å². The van der Waals surface area contributed by atoms with Gasteiger partial charge in [0, 0.05) is 13.1 Å². The van der Waals surface area contributed by atoms with E-state index >= 15 is 0 Å². The lowest BCUT2D eigenvalue weighted by atomic mass is 9.94. The molecule has 0 aliphatic heterocycles. The maximum atomic E-state index is 11.8. The molecule has 90 valence electrons. The monoisotopic (exact) mass is 234 g/mol. The molecule has 0 spiro atoms. The number of sulfonamides is 1. The third kappa shape index (κ3) is 3.74. The fraction of sp³-hybridized carbons (Fsp3) is 1.00. The molecule has 1 fully saturated rings. The maximum Gasteiger partial charge on any atom is 0.214 e. The molecule has 15 heavy (non-hydrogen) atoms. The topological polar surface area (TPSA) is 49.4 Å². The summed E-state index contributed by atoms with van der Waals surface area (Å²) in [7, 11) is 0.608. The van der Waals surface area contributed by atoms with Crippen LogP contribution in [-0.4, -0.2) is 45.2 Å². The zero-order chi connectivity index (χ0) is 11.3. The highest BCUT2D eigenvalue weighted by Gasteiger charge is 2.29. The minimum atomic E-state index is -3.00. The van der Waals surface area contributed by atoms with E-state index in [4.69, 9.17) is 0 Å². The molecule has 0 bridgehead atoms. The minimum Gasteiger partial charge on any atom is -0.320 e. The molecule has 0 unspecified atom stereocenters. The summed E-state index contributed by atoms with van der Waals surface area (Å²) in [6, 6.07) is 0.277. The molecule has 0 aromatic heterocycles. The summed E-state index contributed by atoms with van der Waals surface area (Å²) in [4.78, 5) is 0. The van der Waals surface area contributed by atoms with Crippen molar-refractivity contribution in [3.05, 3.63) is 0 Å². The van der Waals surface area contributed by atoms with Gasteiger partial charge in [-0.05, 0) is 39.3 Å². The molecular weight excluding hydrogens is 212 g/mol. The Kier molecular flexibility index (Phi) is 5.02. The van der Waals surface area contributed by atoms with Gasteiger partial charge in [0.15, 0.2) is 0 Å². The van der Waals surface area contributed by atoms with E-state index in [2.05, 4.69) is 5.32 Å². The fourth-order valence-corrected chi connectivity index (χ4v) is 3.23. The van der Waals surface area contributed by atoms with Crippen molar-refractivity contribution in [3.63, 3.8) is 0 Å². The molecule has 5 heteroatoms. The van der Waals surface area contributed by atoms with E-state index in [1.54, 1.807) is 11.4 Å². The summed E-state index contributed by atoms with van der Waals surface area (Å²) in [5, 5.41) is 3.02. The van der Waals surface area contributed by atoms with Crippen LogP contribution in [0.1, 0.15) is 32.1 Å². The van der Waals surface area contributed by atoms with Gasteiger partial charge in [-0.15, -0.1) is 0 Å². The van der Waals surface area contributed by atoms with Crippen molar-refractivity contribution in [2.24, 2.45) is 0 Å². The van der Waals surface area contributed by atoms with Gasteiger partial charge in [-0.2, -0.15) is 0 Å². The van der Waals surface area contributed by atoms with Crippen LogP contribution in [0.4, 0.5) is 0 Å². The van der Waals surface area contributed by atoms with E-state index in [-0.39, 0.29) is 6.04 Å². The van der Waals surface area contributed by atoms with E-state index in [0.717, 1.165) is 32.2 Å². The van der Waals surface area contributed by atoms with E-state index < -0.39 is 10.0 Å². The zero-order valence-electron chi connectivity index (χ0n) is 9.70. The van der Waals surface area contributed by atoms with Gasteiger partial charge in [-0.3, -0.25) is 0 Å². The summed E-state index contributed by atoms with van der Waals surface area (Å²) in [6.45, 7) is 0.892. The predicted molar refractivity (Wildman–Crippen MR) is 62.3 cm³/mol. The maximum absolute atomic E-state index is 11.8. The predicted octanol–water partition coefficient (Wildman–Crippen LogP) is 0.800. The van der Waals surface area contributed by atoms with Gasteiger partial charge in [0.25, 0.3) is 0 Å². The highest BCUT2D eigenvalue weighted by molar-refractivity contribution is 7.89. The Labute approximate surface area is 93.1 Å². The van der Waals surface area contributed by atoms with Crippen molar-refractivity contribution in [2.75, 3.05) is 26.4 Å². The van der Waals surface area contributed by atoms with E-state index in [1.807, 2.05) is 7.05 Å². The van der Waals surface area contributed by atoms with Crippen LogP contribution >= 0.6 is 0 Å². The average Bonchev–Trinajstić information content (AvgIpc) is 2.09. The third-order valence-electron chi connectivity index (χ3n) is 3.11. The van der Waals surface area contributed by atoms with Crippen molar-refractivity contribution in [3.8, 4) is 0 Å². The first kappa shape index (κ1) is 12.9. The summed E-state index contributed by atoms with van der Waals surface area (Å²) in [6.07, 6.45) is 4.91. The number of hydrogen-bond donors (Lipinski definition) is 1. The van der Waals surface area contributed by atoms with Crippen molar-refractivity contribution in [2.45, 2.75) is 38.1 Å². The molecule has 4 nitrogen and oxygen atoms in total. The summed E-state index contributed by atoms with van der Waals surface area (Å²) in [5.74, 6) is 0.293. The van der Waals surface area contributed by atoms with Gasteiger partial charge < -0.3 is 5.32 Å².